The molecule has 4 rings (SSSR count). The summed E-state index contributed by atoms with van der Waals surface area (Å²) in [6, 6.07) is 8.84. The molecule has 1 amide bonds. The minimum Gasteiger partial charge on any atom is -0.390 e. The average molecular weight is 503 g/mol. The lowest BCUT2D eigenvalue weighted by Gasteiger charge is -2.22. The summed E-state index contributed by atoms with van der Waals surface area (Å²) in [5.41, 5.74) is 8.55. The minimum atomic E-state index is -0.676. The van der Waals surface area contributed by atoms with E-state index in [0.717, 1.165) is 23.9 Å². The van der Waals surface area contributed by atoms with Gasteiger partial charge in [0.1, 0.15) is 16.9 Å². The summed E-state index contributed by atoms with van der Waals surface area (Å²) in [5.74, 6) is 6.18. The number of nitrogen functional groups attached to an aromatic ring is 1. The summed E-state index contributed by atoms with van der Waals surface area (Å²) in [6.07, 6.45) is 4.08. The smallest absolute Gasteiger partial charge is 0.253 e. The predicted octanol–water partition coefficient (Wildman–Crippen LogP) is 3.25. The van der Waals surface area contributed by atoms with Crippen LogP contribution in [0.2, 0.25) is 5.02 Å². The third-order valence-electron chi connectivity index (χ3n) is 5.94. The molecule has 1 atom stereocenters. The summed E-state index contributed by atoms with van der Waals surface area (Å²) in [7, 11) is 0. The molecule has 0 aliphatic heterocycles. The number of hydrogen-bond acceptors (Lipinski definition) is 7. The highest BCUT2D eigenvalue weighted by Crippen LogP contribution is 2.25. The summed E-state index contributed by atoms with van der Waals surface area (Å²) in [4.78, 5) is 28.1. The fourth-order valence-corrected chi connectivity index (χ4v) is 4.12. The molecule has 0 radical (unpaired) electrons. The second-order valence-electron chi connectivity index (χ2n) is 8.26. The highest BCUT2D eigenvalue weighted by atomic mass is 35.5. The Hall–Kier alpha value is -3.77. The Morgan fingerprint density at radius 2 is 1.86 bits per heavy atom. The van der Waals surface area contributed by atoms with Crippen molar-refractivity contribution < 1.29 is 9.90 Å². The van der Waals surface area contributed by atoms with Crippen LogP contribution in [0.1, 0.15) is 35.3 Å². The first-order chi connectivity index (χ1) is 17.4. The third-order valence-corrected chi connectivity index (χ3v) is 6.17. The van der Waals surface area contributed by atoms with Crippen molar-refractivity contribution in [2.24, 2.45) is 0 Å². The van der Waals surface area contributed by atoms with E-state index < -0.39 is 6.10 Å². The van der Waals surface area contributed by atoms with Gasteiger partial charge in [-0.1, -0.05) is 43.4 Å². The topological polar surface area (TPSA) is 117 Å². The van der Waals surface area contributed by atoms with E-state index in [-0.39, 0.29) is 12.5 Å². The van der Waals surface area contributed by atoms with Gasteiger partial charge in [-0.2, -0.15) is 0 Å². The van der Waals surface area contributed by atoms with Crippen molar-refractivity contribution >= 4 is 45.1 Å². The van der Waals surface area contributed by atoms with Gasteiger partial charge in [-0.15, -0.1) is 0 Å². The number of fused-ring (bicyclic) bond motifs is 2. The summed E-state index contributed by atoms with van der Waals surface area (Å²) < 4.78 is 0. The zero-order chi connectivity index (χ0) is 25.7. The number of carbonyl (C=O) groups excluding carboxylic acids is 1. The number of pyridine rings is 1. The summed E-state index contributed by atoms with van der Waals surface area (Å²) in [5, 5.41) is 15.3. The fourth-order valence-electron chi connectivity index (χ4n) is 3.95. The molecule has 4 N–H and O–H groups in total. The standard InChI is InChI=1S/C27H27ClN6O2/c1-3-34(4-2)16-20(35)15-33-27(36)22-10-7-17(24-25(22)31-12-11-30-24)6-9-21-23-13-19(28)8-5-18(23)14-32-26(21)29/h5,7-8,10-14,20,35H,3-4,15-16H2,1-2H3,(H2,29,32)(H,33,36). The number of aromatic nitrogens is 3. The largest absolute Gasteiger partial charge is 0.390 e. The van der Waals surface area contributed by atoms with Crippen LogP contribution in [0, 0.1) is 11.8 Å². The van der Waals surface area contributed by atoms with E-state index in [9.17, 15) is 9.90 Å². The molecule has 0 bridgehead atoms. The lowest BCUT2D eigenvalue weighted by atomic mass is 10.0. The number of halogens is 1. The van der Waals surface area contributed by atoms with Crippen molar-refractivity contribution in [2.75, 3.05) is 31.9 Å². The molecule has 0 saturated heterocycles. The highest BCUT2D eigenvalue weighted by Gasteiger charge is 2.16. The summed E-state index contributed by atoms with van der Waals surface area (Å²) in [6.45, 7) is 6.35. The van der Waals surface area contributed by atoms with Crippen molar-refractivity contribution in [3.8, 4) is 11.8 Å². The third kappa shape index (κ3) is 5.55. The van der Waals surface area contributed by atoms with Gasteiger partial charge >= 0.3 is 0 Å². The molecule has 2 heterocycles. The molecule has 2 aromatic carbocycles. The Labute approximate surface area is 214 Å². The molecule has 1 unspecified atom stereocenters. The van der Waals surface area contributed by atoms with Gasteiger partial charge in [-0.05, 0) is 37.4 Å². The molecule has 0 aliphatic carbocycles. The number of carbonyl (C=O) groups is 1. The molecule has 9 heteroatoms. The number of aliphatic hydroxyl groups is 1. The highest BCUT2D eigenvalue weighted by molar-refractivity contribution is 6.31. The first-order valence-electron chi connectivity index (χ1n) is 11.7. The van der Waals surface area contributed by atoms with Crippen LogP contribution in [-0.4, -0.2) is 63.1 Å². The van der Waals surface area contributed by atoms with Crippen LogP contribution in [-0.2, 0) is 0 Å². The number of aliphatic hydroxyl groups excluding tert-OH is 1. The van der Waals surface area contributed by atoms with Crippen LogP contribution in [0.4, 0.5) is 5.82 Å². The molecular formula is C27H27ClN6O2. The molecule has 2 aromatic heterocycles. The van der Waals surface area contributed by atoms with Gasteiger partial charge in [-0.3, -0.25) is 14.8 Å². The van der Waals surface area contributed by atoms with E-state index in [1.54, 1.807) is 36.7 Å². The number of hydrogen-bond donors (Lipinski definition) is 3. The minimum absolute atomic E-state index is 0.133. The monoisotopic (exact) mass is 502 g/mol. The number of nitrogens with one attached hydrogen (secondary N) is 1. The molecule has 0 spiro atoms. The lowest BCUT2D eigenvalue weighted by Crippen LogP contribution is -2.40. The Morgan fingerprint density at radius 1 is 1.11 bits per heavy atom. The van der Waals surface area contributed by atoms with E-state index in [1.807, 2.05) is 19.9 Å². The van der Waals surface area contributed by atoms with Gasteiger partial charge < -0.3 is 21.1 Å². The number of nitrogens with two attached hydrogens (primary N) is 1. The van der Waals surface area contributed by atoms with E-state index >= 15 is 0 Å². The maximum atomic E-state index is 12.9. The van der Waals surface area contributed by atoms with Gasteiger partial charge in [0.2, 0.25) is 0 Å². The molecule has 184 valence electrons. The Morgan fingerprint density at radius 3 is 2.61 bits per heavy atom. The zero-order valence-electron chi connectivity index (χ0n) is 20.1. The number of nitrogens with zero attached hydrogens (tertiary/aromatic N) is 4. The Bertz CT molecular complexity index is 1470. The fraction of sp³-hybridized carbons (Fsp3) is 0.259. The molecular weight excluding hydrogens is 476 g/mol. The molecule has 8 nitrogen and oxygen atoms in total. The van der Waals surface area contributed by atoms with Crippen LogP contribution in [0.5, 0.6) is 0 Å². The first-order valence-corrected chi connectivity index (χ1v) is 12.1. The molecule has 0 aliphatic rings. The molecule has 4 aromatic rings. The Balaban J connectivity index is 1.63. The molecule has 0 saturated carbocycles. The second kappa shape index (κ2) is 11.3. The van der Waals surface area contributed by atoms with Crippen molar-refractivity contribution in [3.63, 3.8) is 0 Å². The van der Waals surface area contributed by atoms with Gasteiger partial charge in [0, 0.05) is 47.5 Å². The zero-order valence-corrected chi connectivity index (χ0v) is 20.9. The quantitative estimate of drug-likeness (QED) is 0.332. The Kier molecular flexibility index (Phi) is 7.96. The second-order valence-corrected chi connectivity index (χ2v) is 8.70. The van der Waals surface area contributed by atoms with Gasteiger partial charge in [0.25, 0.3) is 5.91 Å². The SMILES string of the molecule is CCN(CC)CC(O)CNC(=O)c1ccc(C#Cc2c(N)ncc3ccc(Cl)cc23)c2nccnc12. The first kappa shape index (κ1) is 25.3. The number of likely N-dealkylation sites (N-methyl/N-ethyl adjacent to an activating group) is 1. The number of benzene rings is 2. The molecule has 0 fully saturated rings. The van der Waals surface area contributed by atoms with Crippen LogP contribution in [0.3, 0.4) is 0 Å². The van der Waals surface area contributed by atoms with E-state index in [4.69, 9.17) is 17.3 Å². The van der Waals surface area contributed by atoms with Crippen molar-refractivity contribution in [1.29, 1.82) is 0 Å². The summed E-state index contributed by atoms with van der Waals surface area (Å²) >= 11 is 6.19. The van der Waals surface area contributed by atoms with Gasteiger partial charge in [0.15, 0.2) is 0 Å². The van der Waals surface area contributed by atoms with E-state index in [1.165, 1.54) is 6.20 Å². The number of anilines is 1. The van der Waals surface area contributed by atoms with Crippen LogP contribution >= 0.6 is 11.6 Å². The lowest BCUT2D eigenvalue weighted by molar-refractivity contribution is 0.0871. The van der Waals surface area contributed by atoms with Crippen molar-refractivity contribution in [3.05, 3.63) is 70.6 Å². The van der Waals surface area contributed by atoms with Crippen molar-refractivity contribution in [1.82, 2.24) is 25.2 Å². The van der Waals surface area contributed by atoms with Gasteiger partial charge in [-0.25, -0.2) is 4.98 Å². The maximum Gasteiger partial charge on any atom is 0.253 e. The van der Waals surface area contributed by atoms with Crippen LogP contribution < -0.4 is 11.1 Å². The molecule has 36 heavy (non-hydrogen) atoms. The normalized spacial score (nSPS) is 11.9. The number of rotatable bonds is 7. The average Bonchev–Trinajstić information content (AvgIpc) is 2.89. The predicted molar refractivity (Wildman–Crippen MR) is 143 cm³/mol. The van der Waals surface area contributed by atoms with Crippen LogP contribution in [0.25, 0.3) is 21.8 Å². The van der Waals surface area contributed by atoms with E-state index in [2.05, 4.69) is 37.0 Å². The van der Waals surface area contributed by atoms with Crippen LogP contribution in [0.15, 0.2) is 48.9 Å². The van der Waals surface area contributed by atoms with Crippen molar-refractivity contribution in [2.45, 2.75) is 20.0 Å². The van der Waals surface area contributed by atoms with E-state index in [0.29, 0.717) is 45.1 Å². The number of amides is 1. The van der Waals surface area contributed by atoms with Gasteiger partial charge in [0.05, 0.1) is 22.8 Å². The maximum absolute atomic E-state index is 12.9.